The fraction of sp³-hybridized carbons (Fsp3) is 0.625. The van der Waals surface area contributed by atoms with Crippen LogP contribution in [0.3, 0.4) is 0 Å². The fourth-order valence-electron chi connectivity index (χ4n) is 1.52. The van der Waals surface area contributed by atoms with Gasteiger partial charge in [-0.15, -0.1) is 0 Å². The molecule has 2 heterocycles. The van der Waals surface area contributed by atoms with Gasteiger partial charge in [0.15, 0.2) is 0 Å². The maximum atomic E-state index is 5.27. The lowest BCUT2D eigenvalue weighted by Crippen LogP contribution is -2.25. The van der Waals surface area contributed by atoms with Crippen molar-refractivity contribution in [3.8, 4) is 0 Å². The van der Waals surface area contributed by atoms with Crippen molar-refractivity contribution in [2.45, 2.75) is 18.8 Å². The Balaban J connectivity index is 2.27. The van der Waals surface area contributed by atoms with Crippen LogP contribution in [0.1, 0.15) is 19.2 Å². The second kappa shape index (κ2) is 2.34. The zero-order valence-corrected chi connectivity index (χ0v) is 6.63. The Morgan fingerprint density at radius 1 is 1.73 bits per heavy atom. The molecule has 11 heavy (non-hydrogen) atoms. The molecule has 0 amide bonds. The zero-order valence-electron chi connectivity index (χ0n) is 6.63. The van der Waals surface area contributed by atoms with E-state index < -0.39 is 0 Å². The van der Waals surface area contributed by atoms with E-state index in [0.29, 0.717) is 0 Å². The Morgan fingerprint density at radius 3 is 3.18 bits per heavy atom. The lowest BCUT2D eigenvalue weighted by molar-refractivity contribution is 0.367. The van der Waals surface area contributed by atoms with E-state index in [9.17, 15) is 0 Å². The Labute approximate surface area is 65.8 Å². The third-order valence-electron chi connectivity index (χ3n) is 2.32. The largest absolute Gasteiger partial charge is 0.448 e. The Hall–Kier alpha value is -0.830. The summed E-state index contributed by atoms with van der Waals surface area (Å²) in [5.41, 5.74) is 0.128. The van der Waals surface area contributed by atoms with E-state index in [0.717, 1.165) is 25.4 Å². The van der Waals surface area contributed by atoms with Crippen LogP contribution in [0.25, 0.3) is 0 Å². The van der Waals surface area contributed by atoms with Crippen molar-refractivity contribution in [1.82, 2.24) is 10.3 Å². The molecule has 1 N–H and O–H groups in total. The molecule has 1 aromatic rings. The van der Waals surface area contributed by atoms with Crippen LogP contribution in [0.5, 0.6) is 0 Å². The molecule has 2 rings (SSSR count). The summed E-state index contributed by atoms with van der Waals surface area (Å²) in [6, 6.07) is 0. The number of aromatic nitrogens is 1. The van der Waals surface area contributed by atoms with Crippen LogP contribution in [0.15, 0.2) is 16.9 Å². The number of rotatable bonds is 1. The molecule has 0 radical (unpaired) electrons. The van der Waals surface area contributed by atoms with Gasteiger partial charge in [0, 0.05) is 6.54 Å². The first kappa shape index (κ1) is 6.85. The van der Waals surface area contributed by atoms with Gasteiger partial charge in [0.1, 0.15) is 6.26 Å². The van der Waals surface area contributed by atoms with Gasteiger partial charge in [0.2, 0.25) is 5.89 Å². The SMILES string of the molecule is CC1(c2ncco2)CCNC1. The van der Waals surface area contributed by atoms with Gasteiger partial charge in [0.05, 0.1) is 11.6 Å². The van der Waals surface area contributed by atoms with Crippen LogP contribution in [-0.2, 0) is 5.41 Å². The summed E-state index contributed by atoms with van der Waals surface area (Å²) in [4.78, 5) is 4.16. The van der Waals surface area contributed by atoms with E-state index in [2.05, 4.69) is 17.2 Å². The van der Waals surface area contributed by atoms with Crippen LogP contribution < -0.4 is 5.32 Å². The highest BCUT2D eigenvalue weighted by atomic mass is 16.3. The lowest BCUT2D eigenvalue weighted by atomic mass is 9.90. The first-order chi connectivity index (χ1) is 5.31. The summed E-state index contributed by atoms with van der Waals surface area (Å²) < 4.78 is 5.27. The molecule has 0 bridgehead atoms. The van der Waals surface area contributed by atoms with Crippen molar-refractivity contribution in [1.29, 1.82) is 0 Å². The third-order valence-corrected chi connectivity index (χ3v) is 2.32. The average molecular weight is 152 g/mol. The van der Waals surface area contributed by atoms with Gasteiger partial charge in [-0.2, -0.15) is 0 Å². The molecule has 1 atom stereocenters. The Morgan fingerprint density at radius 2 is 2.64 bits per heavy atom. The highest BCUT2D eigenvalue weighted by molar-refractivity contribution is 5.06. The third kappa shape index (κ3) is 1.05. The van der Waals surface area contributed by atoms with Crippen LogP contribution in [0, 0.1) is 0 Å². The van der Waals surface area contributed by atoms with E-state index in [1.165, 1.54) is 0 Å². The molecule has 1 saturated heterocycles. The highest BCUT2D eigenvalue weighted by Gasteiger charge is 2.34. The number of hydrogen-bond donors (Lipinski definition) is 1. The highest BCUT2D eigenvalue weighted by Crippen LogP contribution is 2.28. The van der Waals surface area contributed by atoms with Gasteiger partial charge in [-0.25, -0.2) is 4.98 Å². The van der Waals surface area contributed by atoms with Crippen molar-refractivity contribution in [3.63, 3.8) is 0 Å². The van der Waals surface area contributed by atoms with Crippen molar-refractivity contribution < 1.29 is 4.42 Å². The lowest BCUT2D eigenvalue weighted by Gasteiger charge is -2.16. The second-order valence-corrected chi connectivity index (χ2v) is 3.32. The summed E-state index contributed by atoms with van der Waals surface area (Å²) >= 11 is 0. The van der Waals surface area contributed by atoms with Gasteiger partial charge in [-0.05, 0) is 19.9 Å². The van der Waals surface area contributed by atoms with E-state index in [1.807, 2.05) is 0 Å². The summed E-state index contributed by atoms with van der Waals surface area (Å²) in [5.74, 6) is 0.863. The van der Waals surface area contributed by atoms with Crippen molar-refractivity contribution in [2.75, 3.05) is 13.1 Å². The van der Waals surface area contributed by atoms with Crippen LogP contribution >= 0.6 is 0 Å². The summed E-state index contributed by atoms with van der Waals surface area (Å²) in [7, 11) is 0. The molecule has 1 unspecified atom stereocenters. The molecule has 0 aromatic carbocycles. The molecular weight excluding hydrogens is 140 g/mol. The normalized spacial score (nSPS) is 31.0. The topological polar surface area (TPSA) is 38.1 Å². The minimum absolute atomic E-state index is 0.128. The van der Waals surface area contributed by atoms with Crippen molar-refractivity contribution in [3.05, 3.63) is 18.4 Å². The molecular formula is C8H12N2O. The summed E-state index contributed by atoms with van der Waals surface area (Å²) in [5, 5.41) is 3.30. The standard InChI is InChI=1S/C8H12N2O/c1-8(2-3-9-6-8)7-10-4-5-11-7/h4-5,9H,2-3,6H2,1H3. The van der Waals surface area contributed by atoms with Crippen LogP contribution in [0.2, 0.25) is 0 Å². The molecule has 0 spiro atoms. The quantitative estimate of drug-likeness (QED) is 0.650. The molecule has 0 saturated carbocycles. The van der Waals surface area contributed by atoms with Gasteiger partial charge in [0.25, 0.3) is 0 Å². The molecule has 3 heteroatoms. The molecule has 1 aromatic heterocycles. The number of nitrogens with one attached hydrogen (secondary N) is 1. The van der Waals surface area contributed by atoms with Crippen LogP contribution in [-0.4, -0.2) is 18.1 Å². The minimum Gasteiger partial charge on any atom is -0.448 e. The molecule has 60 valence electrons. The van der Waals surface area contributed by atoms with E-state index in [4.69, 9.17) is 4.42 Å². The summed E-state index contributed by atoms with van der Waals surface area (Å²) in [6.07, 6.45) is 4.46. The van der Waals surface area contributed by atoms with Gasteiger partial charge >= 0.3 is 0 Å². The number of oxazole rings is 1. The molecule has 1 fully saturated rings. The minimum atomic E-state index is 0.128. The van der Waals surface area contributed by atoms with Gasteiger partial charge < -0.3 is 9.73 Å². The molecule has 1 aliphatic rings. The second-order valence-electron chi connectivity index (χ2n) is 3.32. The summed E-state index contributed by atoms with van der Waals surface area (Å²) in [6.45, 7) is 4.23. The average Bonchev–Trinajstić information content (AvgIpc) is 2.55. The van der Waals surface area contributed by atoms with Crippen molar-refractivity contribution in [2.24, 2.45) is 0 Å². The maximum Gasteiger partial charge on any atom is 0.201 e. The number of nitrogens with zero attached hydrogens (tertiary/aromatic N) is 1. The predicted octanol–water partition coefficient (Wildman–Crippen LogP) is 0.926. The monoisotopic (exact) mass is 152 g/mol. The smallest absolute Gasteiger partial charge is 0.201 e. The van der Waals surface area contributed by atoms with Gasteiger partial charge in [-0.1, -0.05) is 0 Å². The zero-order chi connectivity index (χ0) is 7.73. The molecule has 3 nitrogen and oxygen atoms in total. The number of hydrogen-bond acceptors (Lipinski definition) is 3. The predicted molar refractivity (Wildman–Crippen MR) is 41.3 cm³/mol. The van der Waals surface area contributed by atoms with Crippen molar-refractivity contribution >= 4 is 0 Å². The Bertz CT molecular complexity index is 224. The molecule has 0 aliphatic carbocycles. The molecule has 1 aliphatic heterocycles. The first-order valence-corrected chi connectivity index (χ1v) is 3.92. The van der Waals surface area contributed by atoms with E-state index >= 15 is 0 Å². The van der Waals surface area contributed by atoms with Crippen LogP contribution in [0.4, 0.5) is 0 Å². The maximum absolute atomic E-state index is 5.27. The van der Waals surface area contributed by atoms with Gasteiger partial charge in [-0.3, -0.25) is 0 Å². The first-order valence-electron chi connectivity index (χ1n) is 3.92. The van der Waals surface area contributed by atoms with E-state index in [1.54, 1.807) is 12.5 Å². The fourth-order valence-corrected chi connectivity index (χ4v) is 1.52. The Kier molecular flexibility index (Phi) is 1.46. The van der Waals surface area contributed by atoms with E-state index in [-0.39, 0.29) is 5.41 Å².